The molecule has 0 atom stereocenters. The Kier molecular flexibility index (Phi) is 8.30. The Bertz CT molecular complexity index is 688. The Morgan fingerprint density at radius 2 is 1.85 bits per heavy atom. The van der Waals surface area contributed by atoms with Crippen molar-refractivity contribution in [2.45, 2.75) is 26.9 Å². The first kappa shape index (κ1) is 21.1. The molecule has 1 saturated heterocycles. The number of aliphatic imine (C=N–C) groups is 1. The fourth-order valence-electron chi connectivity index (χ4n) is 3.06. The van der Waals surface area contributed by atoms with E-state index >= 15 is 0 Å². The number of hydrogen-bond donors (Lipinski definition) is 1. The smallest absolute Gasteiger partial charge is 0.194 e. The maximum absolute atomic E-state index is 4.59. The highest BCUT2D eigenvalue weighted by atomic mass is 127. The molecule has 0 radical (unpaired) electrons. The minimum atomic E-state index is 0. The zero-order valence-electron chi connectivity index (χ0n) is 15.7. The molecule has 3 rings (SSSR count). The van der Waals surface area contributed by atoms with Crippen LogP contribution >= 0.6 is 35.3 Å². The van der Waals surface area contributed by atoms with Gasteiger partial charge in [-0.3, -0.25) is 9.89 Å². The van der Waals surface area contributed by atoms with Gasteiger partial charge < -0.3 is 10.2 Å². The molecular formula is C19H28IN5S. The first-order chi connectivity index (χ1) is 12.2. The van der Waals surface area contributed by atoms with E-state index in [1.54, 1.807) is 11.3 Å². The highest BCUT2D eigenvalue weighted by Crippen LogP contribution is 2.16. The van der Waals surface area contributed by atoms with Crippen LogP contribution < -0.4 is 5.32 Å². The van der Waals surface area contributed by atoms with Crippen LogP contribution in [0.4, 0.5) is 0 Å². The first-order valence-corrected chi connectivity index (χ1v) is 9.62. The van der Waals surface area contributed by atoms with Crippen molar-refractivity contribution in [3.05, 3.63) is 51.5 Å². The number of aryl methyl sites for hydroxylation is 2. The minimum absolute atomic E-state index is 0. The molecule has 2 heterocycles. The first-order valence-electron chi connectivity index (χ1n) is 8.80. The summed E-state index contributed by atoms with van der Waals surface area (Å²) >= 11 is 1.76. The van der Waals surface area contributed by atoms with E-state index in [1.807, 2.05) is 7.05 Å². The highest BCUT2D eigenvalue weighted by Gasteiger charge is 2.19. The van der Waals surface area contributed by atoms with E-state index in [-0.39, 0.29) is 24.0 Å². The normalized spacial score (nSPS) is 15.7. The van der Waals surface area contributed by atoms with Crippen LogP contribution in [0.1, 0.15) is 21.1 Å². The Labute approximate surface area is 177 Å². The molecule has 0 amide bonds. The number of thiazole rings is 1. The fourth-order valence-corrected chi connectivity index (χ4v) is 3.93. The van der Waals surface area contributed by atoms with E-state index in [0.717, 1.165) is 55.9 Å². The summed E-state index contributed by atoms with van der Waals surface area (Å²) in [4.78, 5) is 15.2. The lowest BCUT2D eigenvalue weighted by atomic mass is 10.2. The van der Waals surface area contributed by atoms with E-state index in [0.29, 0.717) is 0 Å². The second-order valence-corrected chi connectivity index (χ2v) is 7.69. The van der Waals surface area contributed by atoms with Crippen LogP contribution in [-0.2, 0) is 13.1 Å². The van der Waals surface area contributed by atoms with Gasteiger partial charge in [0.05, 0.1) is 12.2 Å². The van der Waals surface area contributed by atoms with Crippen molar-refractivity contribution in [3.63, 3.8) is 0 Å². The molecule has 7 heteroatoms. The Hall–Kier alpha value is -1.19. The topological polar surface area (TPSA) is 43.8 Å². The van der Waals surface area contributed by atoms with Crippen molar-refractivity contribution in [1.82, 2.24) is 20.1 Å². The number of nitrogens with zero attached hydrogens (tertiary/aromatic N) is 4. The summed E-state index contributed by atoms with van der Waals surface area (Å²) in [5, 5.41) is 4.59. The molecule has 1 aromatic heterocycles. The van der Waals surface area contributed by atoms with Gasteiger partial charge >= 0.3 is 0 Å². The van der Waals surface area contributed by atoms with Gasteiger partial charge in [0, 0.05) is 44.6 Å². The van der Waals surface area contributed by atoms with Gasteiger partial charge in [-0.25, -0.2) is 4.98 Å². The van der Waals surface area contributed by atoms with Crippen molar-refractivity contribution in [2.24, 2.45) is 4.99 Å². The van der Waals surface area contributed by atoms with Crippen LogP contribution in [0.15, 0.2) is 35.3 Å². The number of guanidine groups is 1. The zero-order chi connectivity index (χ0) is 17.6. The molecule has 1 aliphatic rings. The van der Waals surface area contributed by atoms with Gasteiger partial charge in [-0.15, -0.1) is 35.3 Å². The van der Waals surface area contributed by atoms with Crippen molar-refractivity contribution in [3.8, 4) is 0 Å². The van der Waals surface area contributed by atoms with Gasteiger partial charge in [0.2, 0.25) is 0 Å². The highest BCUT2D eigenvalue weighted by molar-refractivity contribution is 14.0. The number of rotatable bonds is 4. The summed E-state index contributed by atoms with van der Waals surface area (Å²) in [5.41, 5.74) is 2.51. The third-order valence-corrected chi connectivity index (χ3v) is 5.68. The predicted octanol–water partition coefficient (Wildman–Crippen LogP) is 3.27. The molecule has 1 aliphatic heterocycles. The van der Waals surface area contributed by atoms with Gasteiger partial charge in [-0.05, 0) is 19.4 Å². The summed E-state index contributed by atoms with van der Waals surface area (Å²) < 4.78 is 0. The molecule has 0 unspecified atom stereocenters. The Balaban J connectivity index is 0.00000243. The van der Waals surface area contributed by atoms with Crippen LogP contribution in [0.25, 0.3) is 0 Å². The molecule has 26 heavy (non-hydrogen) atoms. The number of halogens is 1. The maximum Gasteiger partial charge on any atom is 0.194 e. The predicted molar refractivity (Wildman–Crippen MR) is 120 cm³/mol. The minimum Gasteiger partial charge on any atom is -0.350 e. The molecule has 5 nitrogen and oxygen atoms in total. The summed E-state index contributed by atoms with van der Waals surface area (Å²) in [6.45, 7) is 10.1. The second-order valence-electron chi connectivity index (χ2n) is 6.40. The lowest BCUT2D eigenvalue weighted by molar-refractivity contribution is 0.172. The third-order valence-electron chi connectivity index (χ3n) is 4.60. The van der Waals surface area contributed by atoms with Crippen LogP contribution in [0.3, 0.4) is 0 Å². The molecule has 0 bridgehead atoms. The SMILES string of the molecule is CN=C(NCc1nc(C)c(C)s1)N1CCN(Cc2ccccc2)CC1.I. The Morgan fingerprint density at radius 1 is 1.15 bits per heavy atom. The van der Waals surface area contributed by atoms with Crippen molar-refractivity contribution in [1.29, 1.82) is 0 Å². The summed E-state index contributed by atoms with van der Waals surface area (Å²) in [7, 11) is 1.86. The van der Waals surface area contributed by atoms with Gasteiger partial charge in [0.15, 0.2) is 5.96 Å². The van der Waals surface area contributed by atoms with E-state index in [4.69, 9.17) is 0 Å². The van der Waals surface area contributed by atoms with Crippen LogP contribution in [0, 0.1) is 13.8 Å². The molecule has 142 valence electrons. The van der Waals surface area contributed by atoms with Gasteiger partial charge in [-0.1, -0.05) is 30.3 Å². The van der Waals surface area contributed by atoms with Crippen LogP contribution in [0.5, 0.6) is 0 Å². The van der Waals surface area contributed by atoms with E-state index in [2.05, 4.69) is 69.3 Å². The van der Waals surface area contributed by atoms with E-state index in [1.165, 1.54) is 10.4 Å². The van der Waals surface area contributed by atoms with Crippen molar-refractivity contribution >= 4 is 41.3 Å². The molecule has 1 fully saturated rings. The largest absolute Gasteiger partial charge is 0.350 e. The van der Waals surface area contributed by atoms with Gasteiger partial charge in [0.25, 0.3) is 0 Å². The number of benzene rings is 1. The number of piperazine rings is 1. The monoisotopic (exact) mass is 485 g/mol. The molecule has 2 aromatic rings. The van der Waals surface area contributed by atoms with Crippen molar-refractivity contribution < 1.29 is 0 Å². The number of aromatic nitrogens is 1. The third kappa shape index (κ3) is 5.65. The molecule has 0 saturated carbocycles. The fraction of sp³-hybridized carbons (Fsp3) is 0.474. The molecule has 1 aromatic carbocycles. The lowest BCUT2D eigenvalue weighted by Gasteiger charge is -2.36. The molecule has 1 N–H and O–H groups in total. The van der Waals surface area contributed by atoms with Gasteiger partial charge in [-0.2, -0.15) is 0 Å². The number of hydrogen-bond acceptors (Lipinski definition) is 4. The second kappa shape index (κ2) is 10.2. The van der Waals surface area contributed by atoms with E-state index in [9.17, 15) is 0 Å². The van der Waals surface area contributed by atoms with E-state index < -0.39 is 0 Å². The van der Waals surface area contributed by atoms with Crippen LogP contribution in [0.2, 0.25) is 0 Å². The molecule has 0 aliphatic carbocycles. The summed E-state index contributed by atoms with van der Waals surface area (Å²) in [6, 6.07) is 10.7. The quantitative estimate of drug-likeness (QED) is 0.410. The maximum atomic E-state index is 4.59. The average Bonchev–Trinajstić information content (AvgIpc) is 2.95. The summed E-state index contributed by atoms with van der Waals surface area (Å²) in [6.07, 6.45) is 0. The standard InChI is InChI=1S/C19H27N5S.HI/c1-15-16(2)25-18(22-15)13-21-19(20-3)24-11-9-23(10-12-24)14-17-7-5-4-6-8-17;/h4-8H,9-14H2,1-3H3,(H,20,21);1H. The Morgan fingerprint density at radius 3 is 2.42 bits per heavy atom. The molecule has 0 spiro atoms. The average molecular weight is 485 g/mol. The number of nitrogens with one attached hydrogen (secondary N) is 1. The summed E-state index contributed by atoms with van der Waals surface area (Å²) in [5.74, 6) is 0.977. The lowest BCUT2D eigenvalue weighted by Crippen LogP contribution is -2.52. The van der Waals surface area contributed by atoms with Gasteiger partial charge in [0.1, 0.15) is 5.01 Å². The molecular weight excluding hydrogens is 457 g/mol. The van der Waals surface area contributed by atoms with Crippen LogP contribution in [-0.4, -0.2) is 54.0 Å². The zero-order valence-corrected chi connectivity index (χ0v) is 18.9. The van der Waals surface area contributed by atoms with Crippen molar-refractivity contribution in [2.75, 3.05) is 33.2 Å².